The van der Waals surface area contributed by atoms with Crippen LogP contribution < -0.4 is 0 Å². The molecule has 6 nitrogen and oxygen atoms in total. The zero-order valence-electron chi connectivity index (χ0n) is 11.4. The Morgan fingerprint density at radius 1 is 1.30 bits per heavy atom. The Labute approximate surface area is 119 Å². The Morgan fingerprint density at radius 3 is 2.50 bits per heavy atom. The van der Waals surface area contributed by atoms with Gasteiger partial charge >= 0.3 is 11.5 Å². The standard InChI is InChI=1S/C11H15ClF2N4O2/c1-10(2,3)20-9(19)17-4-5-18-7(6-17)15-16-8(18)11(12,13)14/h4-6H2,1-3H3. The monoisotopic (exact) mass is 308 g/mol. The number of carbonyl (C=O) groups excluding carboxylic acids is 1. The van der Waals surface area contributed by atoms with Crippen LogP contribution in [0.25, 0.3) is 0 Å². The maximum absolute atomic E-state index is 13.1. The molecule has 9 heteroatoms. The summed E-state index contributed by atoms with van der Waals surface area (Å²) in [6.45, 7) is 5.71. The van der Waals surface area contributed by atoms with Gasteiger partial charge in [0.1, 0.15) is 5.60 Å². The minimum absolute atomic E-state index is 0.0644. The lowest BCUT2D eigenvalue weighted by Crippen LogP contribution is -2.42. The van der Waals surface area contributed by atoms with E-state index in [1.807, 2.05) is 0 Å². The number of amides is 1. The molecule has 0 bridgehead atoms. The fraction of sp³-hybridized carbons (Fsp3) is 0.727. The molecule has 2 heterocycles. The van der Waals surface area contributed by atoms with E-state index in [2.05, 4.69) is 10.2 Å². The zero-order valence-corrected chi connectivity index (χ0v) is 12.1. The van der Waals surface area contributed by atoms with Crippen LogP contribution in [0.5, 0.6) is 0 Å². The van der Waals surface area contributed by atoms with Gasteiger partial charge in [0, 0.05) is 13.1 Å². The molecule has 0 saturated carbocycles. The summed E-state index contributed by atoms with van der Waals surface area (Å²) < 4.78 is 32.6. The highest BCUT2D eigenvalue weighted by Crippen LogP contribution is 2.32. The van der Waals surface area contributed by atoms with E-state index in [1.165, 1.54) is 9.47 Å². The van der Waals surface area contributed by atoms with Crippen molar-refractivity contribution in [3.05, 3.63) is 11.6 Å². The molecule has 2 rings (SSSR count). The summed E-state index contributed by atoms with van der Waals surface area (Å²) in [7, 11) is 0. The zero-order chi connectivity index (χ0) is 15.1. The Bertz CT molecular complexity index is 521. The average Bonchev–Trinajstić information content (AvgIpc) is 2.68. The first-order valence-corrected chi connectivity index (χ1v) is 6.43. The Hall–Kier alpha value is -1.44. The van der Waals surface area contributed by atoms with Crippen LogP contribution in [0, 0.1) is 0 Å². The van der Waals surface area contributed by atoms with E-state index >= 15 is 0 Å². The maximum atomic E-state index is 13.1. The fourth-order valence-corrected chi connectivity index (χ4v) is 1.99. The first kappa shape index (κ1) is 15.0. The first-order valence-electron chi connectivity index (χ1n) is 6.05. The van der Waals surface area contributed by atoms with Crippen LogP contribution in [0.3, 0.4) is 0 Å². The fourth-order valence-electron chi connectivity index (χ4n) is 1.85. The second kappa shape index (κ2) is 4.83. The van der Waals surface area contributed by atoms with Gasteiger partial charge in [0.25, 0.3) is 0 Å². The van der Waals surface area contributed by atoms with Crippen LogP contribution in [0.1, 0.15) is 32.4 Å². The van der Waals surface area contributed by atoms with E-state index in [-0.39, 0.29) is 25.5 Å². The largest absolute Gasteiger partial charge is 0.444 e. The number of ether oxygens (including phenoxy) is 1. The van der Waals surface area contributed by atoms with E-state index in [9.17, 15) is 13.6 Å². The van der Waals surface area contributed by atoms with Crippen molar-refractivity contribution < 1.29 is 18.3 Å². The van der Waals surface area contributed by atoms with Gasteiger partial charge in [0.2, 0.25) is 5.82 Å². The van der Waals surface area contributed by atoms with Gasteiger partial charge in [-0.25, -0.2) is 4.79 Å². The van der Waals surface area contributed by atoms with Crippen LogP contribution in [-0.4, -0.2) is 37.9 Å². The highest BCUT2D eigenvalue weighted by Gasteiger charge is 2.38. The predicted octanol–water partition coefficient (Wildman–Crippen LogP) is 2.32. The number of nitrogens with zero attached hydrogens (tertiary/aromatic N) is 4. The minimum Gasteiger partial charge on any atom is -0.444 e. The van der Waals surface area contributed by atoms with Crippen LogP contribution >= 0.6 is 11.6 Å². The highest BCUT2D eigenvalue weighted by atomic mass is 35.5. The number of aromatic nitrogens is 3. The van der Waals surface area contributed by atoms with Crippen molar-refractivity contribution in [2.24, 2.45) is 0 Å². The van der Waals surface area contributed by atoms with Crippen molar-refractivity contribution in [3.8, 4) is 0 Å². The quantitative estimate of drug-likeness (QED) is 0.747. The normalized spacial score (nSPS) is 16.0. The molecule has 0 saturated heterocycles. The van der Waals surface area contributed by atoms with Crippen molar-refractivity contribution in [2.45, 2.75) is 44.8 Å². The molecule has 0 fully saturated rings. The molecule has 1 aliphatic rings. The smallest absolute Gasteiger partial charge is 0.410 e. The molecule has 0 radical (unpaired) electrons. The van der Waals surface area contributed by atoms with Gasteiger partial charge in [-0.2, -0.15) is 8.78 Å². The molecule has 1 aromatic rings. The number of hydrogen-bond donors (Lipinski definition) is 0. The second-order valence-electron chi connectivity index (χ2n) is 5.49. The van der Waals surface area contributed by atoms with E-state index in [0.29, 0.717) is 0 Å². The summed E-state index contributed by atoms with van der Waals surface area (Å²) in [6.07, 6.45) is -0.508. The van der Waals surface area contributed by atoms with Gasteiger partial charge in [-0.15, -0.1) is 10.2 Å². The number of fused-ring (bicyclic) bond motifs is 1. The lowest BCUT2D eigenvalue weighted by Gasteiger charge is -2.30. The van der Waals surface area contributed by atoms with Gasteiger partial charge in [0.05, 0.1) is 6.54 Å². The van der Waals surface area contributed by atoms with E-state index < -0.39 is 22.9 Å². The van der Waals surface area contributed by atoms with Crippen molar-refractivity contribution in [2.75, 3.05) is 6.54 Å². The summed E-state index contributed by atoms with van der Waals surface area (Å²) in [5.41, 5.74) is -0.615. The minimum atomic E-state index is -3.57. The predicted molar refractivity (Wildman–Crippen MR) is 66.4 cm³/mol. The summed E-state index contributed by atoms with van der Waals surface area (Å²) in [4.78, 5) is 13.3. The molecule has 1 aromatic heterocycles. The molecule has 112 valence electrons. The molecule has 20 heavy (non-hydrogen) atoms. The molecule has 0 aromatic carbocycles. The topological polar surface area (TPSA) is 60.2 Å². The molecule has 0 N–H and O–H groups in total. The third-order valence-electron chi connectivity index (χ3n) is 2.66. The molecule has 1 amide bonds. The lowest BCUT2D eigenvalue weighted by atomic mass is 10.2. The number of carbonyl (C=O) groups is 1. The van der Waals surface area contributed by atoms with E-state index in [1.54, 1.807) is 20.8 Å². The maximum Gasteiger partial charge on any atom is 0.410 e. The molecule has 1 aliphatic heterocycles. The Balaban J connectivity index is 2.13. The van der Waals surface area contributed by atoms with Crippen LogP contribution in [-0.2, 0) is 23.2 Å². The summed E-state index contributed by atoms with van der Waals surface area (Å²) in [5.74, 6) is -0.338. The molecular weight excluding hydrogens is 294 g/mol. The van der Waals surface area contributed by atoms with Crippen LogP contribution in [0.2, 0.25) is 0 Å². The average molecular weight is 309 g/mol. The van der Waals surface area contributed by atoms with Gasteiger partial charge in [-0.1, -0.05) is 0 Å². The van der Waals surface area contributed by atoms with E-state index in [4.69, 9.17) is 16.3 Å². The number of hydrogen-bond acceptors (Lipinski definition) is 4. The Kier molecular flexibility index (Phi) is 3.62. The molecule has 0 atom stereocenters. The summed E-state index contributed by atoms with van der Waals surface area (Å²) in [6, 6.07) is 0. The summed E-state index contributed by atoms with van der Waals surface area (Å²) >= 11 is 4.96. The van der Waals surface area contributed by atoms with E-state index in [0.717, 1.165) is 0 Å². The SMILES string of the molecule is CC(C)(C)OC(=O)N1CCn2c(nnc2C(F)(F)Cl)C1. The van der Waals surface area contributed by atoms with Crippen LogP contribution in [0.15, 0.2) is 0 Å². The third-order valence-corrected chi connectivity index (χ3v) is 2.83. The number of alkyl halides is 3. The van der Waals surface area contributed by atoms with Crippen molar-refractivity contribution in [1.82, 2.24) is 19.7 Å². The number of halogens is 3. The van der Waals surface area contributed by atoms with Gasteiger partial charge in [-0.3, -0.25) is 4.90 Å². The second-order valence-corrected chi connectivity index (χ2v) is 5.97. The molecule has 0 unspecified atom stereocenters. The van der Waals surface area contributed by atoms with Gasteiger partial charge in [0.15, 0.2) is 5.82 Å². The number of rotatable bonds is 1. The first-order chi connectivity index (χ1) is 9.08. The summed E-state index contributed by atoms with van der Waals surface area (Å²) in [5, 5.41) is 3.47. The van der Waals surface area contributed by atoms with Crippen molar-refractivity contribution in [1.29, 1.82) is 0 Å². The van der Waals surface area contributed by atoms with Crippen LogP contribution in [0.4, 0.5) is 13.6 Å². The van der Waals surface area contributed by atoms with Gasteiger partial charge in [-0.05, 0) is 32.4 Å². The highest BCUT2D eigenvalue weighted by molar-refractivity contribution is 6.21. The molecule has 0 spiro atoms. The Morgan fingerprint density at radius 2 is 1.95 bits per heavy atom. The van der Waals surface area contributed by atoms with Gasteiger partial charge < -0.3 is 9.30 Å². The lowest BCUT2D eigenvalue weighted by molar-refractivity contribution is 0.0186. The molecule has 0 aliphatic carbocycles. The van der Waals surface area contributed by atoms with Crippen molar-refractivity contribution >= 4 is 17.7 Å². The van der Waals surface area contributed by atoms with Crippen molar-refractivity contribution in [3.63, 3.8) is 0 Å². The third kappa shape index (κ3) is 3.17. The molecular formula is C11H15ClF2N4O2.